The standard InChI is InChI=1S/C14H17NO4/c16-10-5-6-12(11(8-10)14(18)19)15-13(17)7-9-3-1-2-4-9/h5-6,8-9,16H,1-4,7H2,(H,15,17)(H,18,19). The number of carboxylic acids is 1. The first kappa shape index (κ1) is 13.4. The topological polar surface area (TPSA) is 86.6 Å². The van der Waals surface area contributed by atoms with Gasteiger partial charge in [-0.1, -0.05) is 12.8 Å². The molecule has 0 spiro atoms. The van der Waals surface area contributed by atoms with Crippen LogP contribution in [0.15, 0.2) is 18.2 Å². The molecule has 0 radical (unpaired) electrons. The summed E-state index contributed by atoms with van der Waals surface area (Å²) in [5, 5.41) is 20.9. The normalized spacial score (nSPS) is 15.4. The lowest BCUT2D eigenvalue weighted by Crippen LogP contribution is -2.17. The molecule has 2 rings (SSSR count). The van der Waals surface area contributed by atoms with Gasteiger partial charge in [-0.3, -0.25) is 4.79 Å². The summed E-state index contributed by atoms with van der Waals surface area (Å²) in [5.74, 6) is -1.07. The number of rotatable bonds is 4. The van der Waals surface area contributed by atoms with Gasteiger partial charge in [-0.2, -0.15) is 0 Å². The molecule has 1 aromatic rings. The highest BCUT2D eigenvalue weighted by molar-refractivity contribution is 6.00. The highest BCUT2D eigenvalue weighted by Crippen LogP contribution is 2.28. The quantitative estimate of drug-likeness (QED) is 0.729. The molecular formula is C14H17NO4. The fraction of sp³-hybridized carbons (Fsp3) is 0.429. The molecule has 5 heteroatoms. The van der Waals surface area contributed by atoms with Crippen LogP contribution in [0.4, 0.5) is 5.69 Å². The number of phenols is 1. The van der Waals surface area contributed by atoms with Crippen molar-refractivity contribution in [3.05, 3.63) is 23.8 Å². The van der Waals surface area contributed by atoms with Gasteiger partial charge in [0.05, 0.1) is 11.3 Å². The number of hydrogen-bond acceptors (Lipinski definition) is 3. The Balaban J connectivity index is 2.05. The number of carbonyl (C=O) groups is 2. The van der Waals surface area contributed by atoms with Crippen LogP contribution in [-0.4, -0.2) is 22.1 Å². The molecule has 1 aliphatic rings. The molecule has 19 heavy (non-hydrogen) atoms. The zero-order valence-electron chi connectivity index (χ0n) is 10.6. The molecule has 0 aromatic heterocycles. The largest absolute Gasteiger partial charge is 0.508 e. The van der Waals surface area contributed by atoms with E-state index in [0.29, 0.717) is 12.3 Å². The number of amides is 1. The fourth-order valence-corrected chi connectivity index (χ4v) is 2.50. The average Bonchev–Trinajstić information content (AvgIpc) is 2.83. The maximum Gasteiger partial charge on any atom is 0.337 e. The third-order valence-electron chi connectivity index (χ3n) is 3.46. The number of hydrogen-bond donors (Lipinski definition) is 3. The van der Waals surface area contributed by atoms with E-state index < -0.39 is 5.97 Å². The minimum absolute atomic E-state index is 0.0974. The van der Waals surface area contributed by atoms with E-state index in [9.17, 15) is 14.7 Å². The molecule has 0 heterocycles. The van der Waals surface area contributed by atoms with Gasteiger partial charge in [0, 0.05) is 6.42 Å². The van der Waals surface area contributed by atoms with E-state index in [1.165, 1.54) is 12.1 Å². The molecule has 0 saturated heterocycles. The summed E-state index contributed by atoms with van der Waals surface area (Å²) >= 11 is 0. The van der Waals surface area contributed by atoms with Crippen molar-refractivity contribution >= 4 is 17.6 Å². The molecule has 3 N–H and O–H groups in total. The van der Waals surface area contributed by atoms with E-state index in [1.54, 1.807) is 0 Å². The molecule has 1 fully saturated rings. The van der Waals surface area contributed by atoms with Crippen molar-refractivity contribution in [2.24, 2.45) is 5.92 Å². The van der Waals surface area contributed by atoms with Gasteiger partial charge in [-0.25, -0.2) is 4.79 Å². The summed E-state index contributed by atoms with van der Waals surface area (Å²) in [6.45, 7) is 0. The van der Waals surface area contributed by atoms with Gasteiger partial charge in [0.1, 0.15) is 5.75 Å². The lowest BCUT2D eigenvalue weighted by molar-refractivity contribution is -0.117. The van der Waals surface area contributed by atoms with Crippen molar-refractivity contribution in [2.45, 2.75) is 32.1 Å². The third-order valence-corrected chi connectivity index (χ3v) is 3.46. The molecule has 0 aliphatic heterocycles. The number of phenolic OH excluding ortho intramolecular Hbond substituents is 1. The summed E-state index contributed by atoms with van der Waals surface area (Å²) in [7, 11) is 0. The van der Waals surface area contributed by atoms with Crippen molar-refractivity contribution in [3.8, 4) is 5.75 Å². The second-order valence-electron chi connectivity index (χ2n) is 4.94. The molecule has 1 aromatic carbocycles. The highest BCUT2D eigenvalue weighted by atomic mass is 16.4. The Labute approximate surface area is 111 Å². The smallest absolute Gasteiger partial charge is 0.337 e. The van der Waals surface area contributed by atoms with Crippen LogP contribution in [0, 0.1) is 5.92 Å². The maximum atomic E-state index is 11.9. The first-order valence-corrected chi connectivity index (χ1v) is 6.42. The molecule has 102 valence electrons. The second kappa shape index (κ2) is 5.73. The average molecular weight is 263 g/mol. The summed E-state index contributed by atoms with van der Waals surface area (Å²) in [6, 6.07) is 3.90. The lowest BCUT2D eigenvalue weighted by Gasteiger charge is -2.11. The van der Waals surface area contributed by atoms with E-state index >= 15 is 0 Å². The maximum absolute atomic E-state index is 11.9. The van der Waals surface area contributed by atoms with Crippen molar-refractivity contribution in [3.63, 3.8) is 0 Å². The summed E-state index contributed by atoms with van der Waals surface area (Å²) in [4.78, 5) is 22.9. The second-order valence-corrected chi connectivity index (χ2v) is 4.94. The number of nitrogens with one attached hydrogen (secondary N) is 1. The van der Waals surface area contributed by atoms with E-state index in [-0.39, 0.29) is 22.9 Å². The molecule has 0 unspecified atom stereocenters. The number of carboxylic acid groups (broad SMARTS) is 1. The zero-order chi connectivity index (χ0) is 13.8. The number of aromatic hydroxyl groups is 1. The van der Waals surface area contributed by atoms with Crippen LogP contribution in [0.2, 0.25) is 0 Å². The summed E-state index contributed by atoms with van der Waals surface area (Å²) in [6.07, 6.45) is 4.89. The number of benzene rings is 1. The molecule has 1 aliphatic carbocycles. The van der Waals surface area contributed by atoms with Gasteiger partial charge < -0.3 is 15.5 Å². The predicted octanol–water partition coefficient (Wildman–Crippen LogP) is 2.61. The predicted molar refractivity (Wildman–Crippen MR) is 70.3 cm³/mol. The minimum atomic E-state index is -1.17. The van der Waals surface area contributed by atoms with Crippen LogP contribution < -0.4 is 5.32 Å². The van der Waals surface area contributed by atoms with Gasteiger partial charge in [0.2, 0.25) is 5.91 Å². The minimum Gasteiger partial charge on any atom is -0.508 e. The van der Waals surface area contributed by atoms with Crippen LogP contribution in [-0.2, 0) is 4.79 Å². The van der Waals surface area contributed by atoms with E-state index in [4.69, 9.17) is 5.11 Å². The zero-order valence-corrected chi connectivity index (χ0v) is 10.6. The van der Waals surface area contributed by atoms with Crippen LogP contribution in [0.25, 0.3) is 0 Å². The van der Waals surface area contributed by atoms with E-state index in [2.05, 4.69) is 5.32 Å². The summed E-state index contributed by atoms with van der Waals surface area (Å²) < 4.78 is 0. The van der Waals surface area contributed by atoms with Crippen molar-refractivity contribution < 1.29 is 19.8 Å². The lowest BCUT2D eigenvalue weighted by atomic mass is 10.0. The highest BCUT2D eigenvalue weighted by Gasteiger charge is 2.20. The van der Waals surface area contributed by atoms with Crippen LogP contribution in [0.3, 0.4) is 0 Å². The first-order valence-electron chi connectivity index (χ1n) is 6.42. The number of anilines is 1. The van der Waals surface area contributed by atoms with Gasteiger partial charge in [-0.05, 0) is 37.0 Å². The Morgan fingerprint density at radius 2 is 1.95 bits per heavy atom. The Bertz CT molecular complexity index is 492. The Morgan fingerprint density at radius 3 is 2.58 bits per heavy atom. The Morgan fingerprint density at radius 1 is 1.26 bits per heavy atom. The Kier molecular flexibility index (Phi) is 4.04. The van der Waals surface area contributed by atoms with Crippen LogP contribution in [0.1, 0.15) is 42.5 Å². The van der Waals surface area contributed by atoms with Crippen LogP contribution in [0.5, 0.6) is 5.75 Å². The summed E-state index contributed by atoms with van der Waals surface area (Å²) in [5.41, 5.74) is 0.132. The van der Waals surface area contributed by atoms with Crippen molar-refractivity contribution in [2.75, 3.05) is 5.32 Å². The molecule has 1 amide bonds. The first-order chi connectivity index (χ1) is 9.06. The number of carbonyl (C=O) groups excluding carboxylic acids is 1. The Hall–Kier alpha value is -2.04. The molecule has 1 saturated carbocycles. The molecular weight excluding hydrogens is 246 g/mol. The monoisotopic (exact) mass is 263 g/mol. The van der Waals surface area contributed by atoms with Gasteiger partial charge >= 0.3 is 5.97 Å². The van der Waals surface area contributed by atoms with Gasteiger partial charge in [-0.15, -0.1) is 0 Å². The van der Waals surface area contributed by atoms with E-state index in [0.717, 1.165) is 31.7 Å². The molecule has 5 nitrogen and oxygen atoms in total. The molecule has 0 atom stereocenters. The van der Waals surface area contributed by atoms with Crippen molar-refractivity contribution in [1.29, 1.82) is 0 Å². The fourth-order valence-electron chi connectivity index (χ4n) is 2.50. The van der Waals surface area contributed by atoms with Crippen molar-refractivity contribution in [1.82, 2.24) is 0 Å². The van der Waals surface area contributed by atoms with Gasteiger partial charge in [0.15, 0.2) is 0 Å². The molecule has 0 bridgehead atoms. The third kappa shape index (κ3) is 3.47. The SMILES string of the molecule is O=C(CC1CCCC1)Nc1ccc(O)cc1C(=O)O. The number of aromatic carboxylic acids is 1. The van der Waals surface area contributed by atoms with Crippen LogP contribution >= 0.6 is 0 Å². The van der Waals surface area contributed by atoms with E-state index in [1.807, 2.05) is 0 Å². The van der Waals surface area contributed by atoms with Gasteiger partial charge in [0.25, 0.3) is 0 Å².